The van der Waals surface area contributed by atoms with E-state index >= 15 is 0 Å². The highest BCUT2D eigenvalue weighted by Crippen LogP contribution is 2.28. The third kappa shape index (κ3) is 2.04. The van der Waals surface area contributed by atoms with Crippen LogP contribution in [0.5, 0.6) is 0 Å². The SMILES string of the molecule is CCc1ccc(C(=O)n2c(N)c(C#N)c3ccccc32)cc1. The van der Waals surface area contributed by atoms with Crippen LogP contribution in [0, 0.1) is 11.3 Å². The Morgan fingerprint density at radius 2 is 1.86 bits per heavy atom. The Morgan fingerprint density at radius 1 is 1.18 bits per heavy atom. The molecule has 0 bridgehead atoms. The lowest BCUT2D eigenvalue weighted by Crippen LogP contribution is -2.14. The van der Waals surface area contributed by atoms with E-state index in [-0.39, 0.29) is 11.7 Å². The Kier molecular flexibility index (Phi) is 3.40. The predicted molar refractivity (Wildman–Crippen MR) is 86.6 cm³/mol. The number of aromatic nitrogens is 1. The van der Waals surface area contributed by atoms with E-state index in [0.717, 1.165) is 6.42 Å². The monoisotopic (exact) mass is 289 g/mol. The van der Waals surface area contributed by atoms with Crippen LogP contribution in [0.15, 0.2) is 48.5 Å². The summed E-state index contributed by atoms with van der Waals surface area (Å²) in [5.74, 6) is -0.0360. The second kappa shape index (κ2) is 5.38. The number of anilines is 1. The van der Waals surface area contributed by atoms with Crippen LogP contribution in [0.3, 0.4) is 0 Å². The molecule has 3 rings (SSSR count). The van der Waals surface area contributed by atoms with Crippen LogP contribution in [0.1, 0.15) is 28.4 Å². The van der Waals surface area contributed by atoms with Gasteiger partial charge in [-0.05, 0) is 30.2 Å². The number of nitriles is 1. The number of rotatable bonds is 2. The summed E-state index contributed by atoms with van der Waals surface area (Å²) in [7, 11) is 0. The van der Waals surface area contributed by atoms with Gasteiger partial charge in [-0.2, -0.15) is 5.26 Å². The van der Waals surface area contributed by atoms with Crippen molar-refractivity contribution in [3.63, 3.8) is 0 Å². The van der Waals surface area contributed by atoms with Gasteiger partial charge in [-0.15, -0.1) is 0 Å². The van der Waals surface area contributed by atoms with Gasteiger partial charge in [0.15, 0.2) is 0 Å². The first kappa shape index (κ1) is 13.9. The van der Waals surface area contributed by atoms with Crippen molar-refractivity contribution in [1.29, 1.82) is 5.26 Å². The van der Waals surface area contributed by atoms with Crippen LogP contribution in [0.2, 0.25) is 0 Å². The Morgan fingerprint density at radius 3 is 2.50 bits per heavy atom. The summed E-state index contributed by atoms with van der Waals surface area (Å²) in [6.07, 6.45) is 0.918. The molecule has 0 aliphatic heterocycles. The first-order valence-electron chi connectivity index (χ1n) is 7.10. The maximum Gasteiger partial charge on any atom is 0.264 e. The number of aryl methyl sites for hydroxylation is 1. The lowest BCUT2D eigenvalue weighted by molar-refractivity contribution is 0.0967. The highest BCUT2D eigenvalue weighted by molar-refractivity contribution is 6.07. The second-order valence-electron chi connectivity index (χ2n) is 5.08. The van der Waals surface area contributed by atoms with Gasteiger partial charge in [0.05, 0.1) is 5.52 Å². The fourth-order valence-corrected chi connectivity index (χ4v) is 2.61. The van der Waals surface area contributed by atoms with Gasteiger partial charge >= 0.3 is 0 Å². The number of nitrogens with zero attached hydrogens (tertiary/aromatic N) is 2. The Bertz CT molecular complexity index is 898. The smallest absolute Gasteiger partial charge is 0.264 e. The maximum atomic E-state index is 12.8. The van der Waals surface area contributed by atoms with Crippen molar-refractivity contribution in [2.45, 2.75) is 13.3 Å². The van der Waals surface area contributed by atoms with E-state index in [9.17, 15) is 10.1 Å². The maximum absolute atomic E-state index is 12.8. The van der Waals surface area contributed by atoms with Crippen LogP contribution >= 0.6 is 0 Å². The first-order chi connectivity index (χ1) is 10.7. The third-order valence-corrected chi connectivity index (χ3v) is 3.84. The fourth-order valence-electron chi connectivity index (χ4n) is 2.61. The Balaban J connectivity index is 2.19. The summed E-state index contributed by atoms with van der Waals surface area (Å²) >= 11 is 0. The average Bonchev–Trinajstić information content (AvgIpc) is 2.85. The van der Waals surface area contributed by atoms with Crippen LogP contribution in [0.4, 0.5) is 5.82 Å². The molecule has 0 saturated heterocycles. The molecule has 0 atom stereocenters. The third-order valence-electron chi connectivity index (χ3n) is 3.84. The van der Waals surface area contributed by atoms with Gasteiger partial charge in [-0.3, -0.25) is 9.36 Å². The molecule has 0 amide bonds. The van der Waals surface area contributed by atoms with Gasteiger partial charge in [-0.1, -0.05) is 37.3 Å². The molecular weight excluding hydrogens is 274 g/mol. The molecule has 2 N–H and O–H groups in total. The molecule has 0 saturated carbocycles. The van der Waals surface area contributed by atoms with Gasteiger partial charge in [-0.25, -0.2) is 0 Å². The molecule has 3 aromatic rings. The molecule has 0 aliphatic rings. The zero-order valence-corrected chi connectivity index (χ0v) is 12.2. The molecule has 0 radical (unpaired) electrons. The molecule has 1 aromatic heterocycles. The van der Waals surface area contributed by atoms with Crippen molar-refractivity contribution in [3.8, 4) is 6.07 Å². The van der Waals surface area contributed by atoms with E-state index < -0.39 is 0 Å². The molecule has 108 valence electrons. The van der Waals surface area contributed by atoms with E-state index in [1.807, 2.05) is 24.3 Å². The van der Waals surface area contributed by atoms with Crippen LogP contribution in [0.25, 0.3) is 10.9 Å². The zero-order valence-electron chi connectivity index (χ0n) is 12.2. The minimum absolute atomic E-state index is 0.188. The highest BCUT2D eigenvalue weighted by Gasteiger charge is 2.20. The van der Waals surface area contributed by atoms with Crippen molar-refractivity contribution in [2.75, 3.05) is 5.73 Å². The van der Waals surface area contributed by atoms with E-state index in [1.165, 1.54) is 10.1 Å². The molecule has 4 heteroatoms. The Hall–Kier alpha value is -3.06. The molecule has 0 unspecified atom stereocenters. The van der Waals surface area contributed by atoms with Crippen molar-refractivity contribution < 1.29 is 4.79 Å². The number of para-hydroxylation sites is 1. The lowest BCUT2D eigenvalue weighted by Gasteiger charge is -2.07. The minimum atomic E-state index is -0.224. The molecule has 0 fully saturated rings. The minimum Gasteiger partial charge on any atom is -0.384 e. The first-order valence-corrected chi connectivity index (χ1v) is 7.10. The lowest BCUT2D eigenvalue weighted by atomic mass is 10.1. The number of nitrogens with two attached hydrogens (primary N) is 1. The van der Waals surface area contributed by atoms with Crippen LogP contribution in [-0.4, -0.2) is 10.5 Å². The molecule has 1 heterocycles. The van der Waals surface area contributed by atoms with Crippen molar-refractivity contribution >= 4 is 22.6 Å². The van der Waals surface area contributed by atoms with Gasteiger partial charge in [0, 0.05) is 10.9 Å². The van der Waals surface area contributed by atoms with Crippen LogP contribution < -0.4 is 5.73 Å². The molecule has 22 heavy (non-hydrogen) atoms. The number of nitrogen functional groups attached to an aromatic ring is 1. The Labute approximate surface area is 128 Å². The van der Waals surface area contributed by atoms with Crippen molar-refractivity contribution in [3.05, 3.63) is 65.2 Å². The average molecular weight is 289 g/mol. The summed E-state index contributed by atoms with van der Waals surface area (Å²) in [5, 5.41) is 9.99. The summed E-state index contributed by atoms with van der Waals surface area (Å²) in [6, 6.07) is 16.8. The second-order valence-corrected chi connectivity index (χ2v) is 5.08. The van der Waals surface area contributed by atoms with Gasteiger partial charge in [0.25, 0.3) is 5.91 Å². The summed E-state index contributed by atoms with van der Waals surface area (Å²) in [4.78, 5) is 12.8. The molecule has 2 aromatic carbocycles. The van der Waals surface area contributed by atoms with Crippen molar-refractivity contribution in [1.82, 2.24) is 4.57 Å². The normalized spacial score (nSPS) is 10.5. The van der Waals surface area contributed by atoms with Gasteiger partial charge in [0.2, 0.25) is 0 Å². The molecule has 0 spiro atoms. The number of fused-ring (bicyclic) bond motifs is 1. The summed E-state index contributed by atoms with van der Waals surface area (Å²) < 4.78 is 1.41. The van der Waals surface area contributed by atoms with Gasteiger partial charge in [0.1, 0.15) is 17.5 Å². The van der Waals surface area contributed by atoms with E-state index in [2.05, 4.69) is 13.0 Å². The molecule has 4 nitrogen and oxygen atoms in total. The number of hydrogen-bond donors (Lipinski definition) is 1. The zero-order chi connectivity index (χ0) is 15.7. The van der Waals surface area contributed by atoms with E-state index in [0.29, 0.717) is 22.0 Å². The summed E-state index contributed by atoms with van der Waals surface area (Å²) in [5.41, 5.74) is 8.75. The number of carbonyl (C=O) groups excluding carboxylic acids is 1. The van der Waals surface area contributed by atoms with E-state index in [1.54, 1.807) is 24.3 Å². The largest absolute Gasteiger partial charge is 0.384 e. The predicted octanol–water partition coefficient (Wildman–Crippen LogP) is 3.35. The van der Waals surface area contributed by atoms with Gasteiger partial charge < -0.3 is 5.73 Å². The molecular formula is C18H15N3O. The number of benzene rings is 2. The summed E-state index contributed by atoms with van der Waals surface area (Å²) in [6.45, 7) is 2.06. The highest BCUT2D eigenvalue weighted by atomic mass is 16.2. The van der Waals surface area contributed by atoms with E-state index in [4.69, 9.17) is 5.73 Å². The van der Waals surface area contributed by atoms with Crippen molar-refractivity contribution in [2.24, 2.45) is 0 Å². The molecule has 0 aliphatic carbocycles. The standard InChI is InChI=1S/C18H15N3O/c1-2-12-7-9-13(10-8-12)18(22)21-16-6-4-3-5-14(16)15(11-19)17(21)20/h3-10H,2,20H2,1H3. The number of hydrogen-bond acceptors (Lipinski definition) is 3. The quantitative estimate of drug-likeness (QED) is 0.786. The van der Waals surface area contributed by atoms with Crippen LogP contribution in [-0.2, 0) is 6.42 Å². The topological polar surface area (TPSA) is 71.8 Å². The fraction of sp³-hybridized carbons (Fsp3) is 0.111. The number of carbonyl (C=O) groups is 1.